The fourth-order valence-electron chi connectivity index (χ4n) is 2.42. The van der Waals surface area contributed by atoms with Crippen molar-refractivity contribution in [1.82, 2.24) is 10.1 Å². The van der Waals surface area contributed by atoms with E-state index in [0.717, 1.165) is 16.6 Å². The van der Waals surface area contributed by atoms with Crippen LogP contribution in [0.5, 0.6) is 0 Å². The van der Waals surface area contributed by atoms with Gasteiger partial charge in [-0.15, -0.1) is 0 Å². The van der Waals surface area contributed by atoms with Crippen LogP contribution < -0.4 is 10.6 Å². The Labute approximate surface area is 133 Å². The molecule has 0 bridgehead atoms. The van der Waals surface area contributed by atoms with Crippen molar-refractivity contribution in [2.45, 2.75) is 19.4 Å². The maximum absolute atomic E-state index is 12.8. The first kappa shape index (κ1) is 15.2. The Bertz CT molecular complexity index is 864. The summed E-state index contributed by atoms with van der Waals surface area (Å²) in [5.74, 6) is -0.219. The molecule has 2 heterocycles. The summed E-state index contributed by atoms with van der Waals surface area (Å²) < 4.78 is 4.96. The first-order chi connectivity index (χ1) is 10.9. The van der Waals surface area contributed by atoms with E-state index in [2.05, 4.69) is 10.1 Å². The van der Waals surface area contributed by atoms with E-state index in [0.29, 0.717) is 11.3 Å². The van der Waals surface area contributed by atoms with Gasteiger partial charge in [0.1, 0.15) is 17.5 Å². The van der Waals surface area contributed by atoms with E-state index in [-0.39, 0.29) is 5.91 Å². The van der Waals surface area contributed by atoms with Crippen LogP contribution in [0.2, 0.25) is 0 Å². The van der Waals surface area contributed by atoms with Gasteiger partial charge in [-0.05, 0) is 38.1 Å². The van der Waals surface area contributed by atoms with Crippen molar-refractivity contribution in [3.63, 3.8) is 0 Å². The van der Waals surface area contributed by atoms with Gasteiger partial charge in [-0.1, -0.05) is 11.2 Å². The number of carbonyl (C=O) groups excluding carboxylic acids is 1. The van der Waals surface area contributed by atoms with E-state index in [1.165, 1.54) is 6.26 Å². The maximum atomic E-state index is 12.8. The molecule has 0 aliphatic heterocycles. The normalized spacial score (nSPS) is 11.7. The molecule has 1 amide bonds. The number of benzene rings is 1. The number of nitrogens with two attached hydrogens (primary N) is 1. The van der Waals surface area contributed by atoms with Crippen LogP contribution in [0.3, 0.4) is 0 Å². The first-order valence-corrected chi connectivity index (χ1v) is 7.24. The molecule has 0 aliphatic rings. The van der Waals surface area contributed by atoms with Crippen molar-refractivity contribution in [2.24, 2.45) is 5.73 Å². The average Bonchev–Trinajstić information content (AvgIpc) is 3.03. The number of anilines is 1. The van der Waals surface area contributed by atoms with Crippen LogP contribution in [-0.2, 0) is 5.54 Å². The Morgan fingerprint density at radius 3 is 2.83 bits per heavy atom. The lowest BCUT2D eigenvalue weighted by Gasteiger charge is -2.20. The molecule has 2 N–H and O–H groups in total. The fraction of sp³-hybridized carbons (Fsp3) is 0.235. The zero-order valence-corrected chi connectivity index (χ0v) is 13.3. The molecule has 3 aromatic rings. The number of carbonyl (C=O) groups is 1. The molecule has 3 rings (SSSR count). The molecular formula is C17H18N4O2. The summed E-state index contributed by atoms with van der Waals surface area (Å²) >= 11 is 0. The van der Waals surface area contributed by atoms with Crippen LogP contribution in [0.4, 0.5) is 5.69 Å². The van der Waals surface area contributed by atoms with Gasteiger partial charge in [0, 0.05) is 24.3 Å². The molecule has 118 valence electrons. The fourth-order valence-corrected chi connectivity index (χ4v) is 2.42. The molecule has 6 heteroatoms. The Balaban J connectivity index is 1.97. The number of fused-ring (bicyclic) bond motifs is 1. The third-order valence-electron chi connectivity index (χ3n) is 3.69. The van der Waals surface area contributed by atoms with E-state index in [1.807, 2.05) is 30.3 Å². The Morgan fingerprint density at radius 2 is 2.09 bits per heavy atom. The lowest BCUT2D eigenvalue weighted by molar-refractivity contribution is 0.0990. The van der Waals surface area contributed by atoms with Crippen LogP contribution in [0.25, 0.3) is 10.9 Å². The van der Waals surface area contributed by atoms with Crippen molar-refractivity contribution in [3.05, 3.63) is 54.0 Å². The number of amides is 1. The minimum absolute atomic E-state index is 0.219. The zero-order valence-electron chi connectivity index (χ0n) is 13.3. The third kappa shape index (κ3) is 2.80. The van der Waals surface area contributed by atoms with Gasteiger partial charge < -0.3 is 15.2 Å². The van der Waals surface area contributed by atoms with Gasteiger partial charge >= 0.3 is 0 Å². The maximum Gasteiger partial charge on any atom is 0.263 e. The summed E-state index contributed by atoms with van der Waals surface area (Å²) in [6.07, 6.45) is 3.08. The van der Waals surface area contributed by atoms with Gasteiger partial charge in [0.15, 0.2) is 0 Å². The highest BCUT2D eigenvalue weighted by Crippen LogP contribution is 2.25. The molecule has 0 saturated heterocycles. The molecule has 0 radical (unpaired) electrons. The van der Waals surface area contributed by atoms with Gasteiger partial charge in [-0.2, -0.15) is 0 Å². The quantitative estimate of drug-likeness (QED) is 0.804. The molecular weight excluding hydrogens is 292 g/mol. The van der Waals surface area contributed by atoms with E-state index < -0.39 is 5.54 Å². The molecule has 0 aliphatic carbocycles. The number of pyridine rings is 1. The number of rotatable bonds is 3. The van der Waals surface area contributed by atoms with Gasteiger partial charge in [0.25, 0.3) is 5.91 Å². The van der Waals surface area contributed by atoms with E-state index in [9.17, 15) is 4.79 Å². The highest BCUT2D eigenvalue weighted by Gasteiger charge is 2.28. The van der Waals surface area contributed by atoms with Crippen LogP contribution in [0, 0.1) is 0 Å². The Kier molecular flexibility index (Phi) is 3.61. The standard InChI is InChI=1S/C17H18N4O2/c1-17(2,18)15-13(10-23-20-15)16(22)21(3)12-6-7-14-11(9-12)5-4-8-19-14/h4-10H,18H2,1-3H3. The second kappa shape index (κ2) is 5.48. The summed E-state index contributed by atoms with van der Waals surface area (Å²) in [5, 5.41) is 4.84. The summed E-state index contributed by atoms with van der Waals surface area (Å²) in [6, 6.07) is 9.48. The Hall–Kier alpha value is -2.73. The predicted octanol–water partition coefficient (Wildman–Crippen LogP) is 2.69. The van der Waals surface area contributed by atoms with Crippen molar-refractivity contribution in [1.29, 1.82) is 0 Å². The van der Waals surface area contributed by atoms with Crippen LogP contribution in [0.15, 0.2) is 47.3 Å². The van der Waals surface area contributed by atoms with Crippen LogP contribution in [-0.4, -0.2) is 23.1 Å². The van der Waals surface area contributed by atoms with E-state index >= 15 is 0 Å². The number of hydrogen-bond acceptors (Lipinski definition) is 5. The van der Waals surface area contributed by atoms with Gasteiger partial charge in [-0.3, -0.25) is 9.78 Å². The number of aromatic nitrogens is 2. The first-order valence-electron chi connectivity index (χ1n) is 7.24. The second-order valence-corrected chi connectivity index (χ2v) is 6.04. The molecule has 0 unspecified atom stereocenters. The molecule has 23 heavy (non-hydrogen) atoms. The van der Waals surface area contributed by atoms with Gasteiger partial charge in [0.05, 0.1) is 11.1 Å². The predicted molar refractivity (Wildman–Crippen MR) is 88.2 cm³/mol. The lowest BCUT2D eigenvalue weighted by atomic mass is 9.98. The zero-order chi connectivity index (χ0) is 16.6. The highest BCUT2D eigenvalue weighted by atomic mass is 16.5. The van der Waals surface area contributed by atoms with E-state index in [1.54, 1.807) is 32.0 Å². The second-order valence-electron chi connectivity index (χ2n) is 6.04. The minimum atomic E-state index is -0.758. The minimum Gasteiger partial charge on any atom is -0.364 e. The van der Waals surface area contributed by atoms with Crippen molar-refractivity contribution in [3.8, 4) is 0 Å². The van der Waals surface area contributed by atoms with Crippen LogP contribution >= 0.6 is 0 Å². The topological polar surface area (TPSA) is 85.2 Å². The monoisotopic (exact) mass is 310 g/mol. The van der Waals surface area contributed by atoms with Crippen molar-refractivity contribution >= 4 is 22.5 Å². The molecule has 6 nitrogen and oxygen atoms in total. The summed E-state index contributed by atoms with van der Waals surface area (Å²) in [7, 11) is 1.71. The highest BCUT2D eigenvalue weighted by molar-refractivity contribution is 6.07. The van der Waals surface area contributed by atoms with Crippen molar-refractivity contribution < 1.29 is 9.32 Å². The molecule has 1 aromatic carbocycles. The summed E-state index contributed by atoms with van der Waals surface area (Å²) in [6.45, 7) is 3.56. The lowest BCUT2D eigenvalue weighted by Crippen LogP contribution is -2.34. The molecule has 0 spiro atoms. The third-order valence-corrected chi connectivity index (χ3v) is 3.69. The summed E-state index contributed by atoms with van der Waals surface area (Å²) in [4.78, 5) is 18.6. The molecule has 0 fully saturated rings. The smallest absolute Gasteiger partial charge is 0.263 e. The van der Waals surface area contributed by atoms with E-state index in [4.69, 9.17) is 10.3 Å². The number of hydrogen-bond donors (Lipinski definition) is 1. The SMILES string of the molecule is CN(C(=O)c1conc1C(C)(C)N)c1ccc2ncccc2c1. The average molecular weight is 310 g/mol. The number of nitrogens with zero attached hydrogens (tertiary/aromatic N) is 3. The Morgan fingerprint density at radius 1 is 1.30 bits per heavy atom. The van der Waals surface area contributed by atoms with Gasteiger partial charge in [-0.25, -0.2) is 0 Å². The molecule has 0 atom stereocenters. The van der Waals surface area contributed by atoms with Crippen LogP contribution in [0.1, 0.15) is 29.9 Å². The largest absolute Gasteiger partial charge is 0.364 e. The van der Waals surface area contributed by atoms with Gasteiger partial charge in [0.2, 0.25) is 0 Å². The molecule has 0 saturated carbocycles. The molecule has 2 aromatic heterocycles. The summed E-state index contributed by atoms with van der Waals surface area (Å²) in [5.41, 5.74) is 7.74. The van der Waals surface area contributed by atoms with Crippen molar-refractivity contribution in [2.75, 3.05) is 11.9 Å².